The minimum absolute atomic E-state index is 0.0513. The molecule has 1 fully saturated rings. The van der Waals surface area contributed by atoms with Gasteiger partial charge < -0.3 is 29.0 Å². The summed E-state index contributed by atoms with van der Waals surface area (Å²) >= 11 is 0. The summed E-state index contributed by atoms with van der Waals surface area (Å²) in [5, 5.41) is 2.70. The van der Waals surface area contributed by atoms with Gasteiger partial charge in [-0.3, -0.25) is 9.59 Å². The lowest BCUT2D eigenvalue weighted by atomic mass is 9.92. The van der Waals surface area contributed by atoms with E-state index in [1.165, 1.54) is 0 Å². The lowest BCUT2D eigenvalue weighted by molar-refractivity contribution is -0.171. The quantitative estimate of drug-likeness (QED) is 0.536. The van der Waals surface area contributed by atoms with E-state index in [4.69, 9.17) is 23.7 Å². The smallest absolute Gasteiger partial charge is 0.407 e. The number of carbonyl (C=O) groups excluding carboxylic acids is 3. The molecule has 1 heterocycles. The molecule has 1 aromatic carbocycles. The number of esters is 2. The molecule has 0 spiro atoms. The first-order valence-corrected chi connectivity index (χ1v) is 11.1. The fourth-order valence-electron chi connectivity index (χ4n) is 3.64. The van der Waals surface area contributed by atoms with Gasteiger partial charge in [0.1, 0.15) is 17.8 Å². The van der Waals surface area contributed by atoms with Crippen LogP contribution in [-0.4, -0.2) is 61.7 Å². The van der Waals surface area contributed by atoms with Gasteiger partial charge in [0, 0.05) is 6.42 Å². The average Bonchev–Trinajstić information content (AvgIpc) is 2.71. The molecule has 9 heteroatoms. The highest BCUT2D eigenvalue weighted by atomic mass is 16.6. The molecule has 0 aliphatic carbocycles. The predicted octanol–water partition coefficient (Wildman–Crippen LogP) is 3.14. The first kappa shape index (κ1) is 26.6. The lowest BCUT2D eigenvalue weighted by Gasteiger charge is -2.34. The van der Waals surface area contributed by atoms with Crippen molar-refractivity contribution in [3.8, 4) is 0 Å². The summed E-state index contributed by atoms with van der Waals surface area (Å²) in [6.07, 6.45) is -0.172. The van der Waals surface area contributed by atoms with Crippen LogP contribution in [0.15, 0.2) is 30.3 Å². The first-order valence-electron chi connectivity index (χ1n) is 11.1. The molecule has 0 atom stereocenters. The Balaban J connectivity index is 1.93. The van der Waals surface area contributed by atoms with Crippen LogP contribution in [0.1, 0.15) is 52.5 Å². The van der Waals surface area contributed by atoms with Gasteiger partial charge in [0.25, 0.3) is 0 Å². The van der Waals surface area contributed by atoms with Crippen molar-refractivity contribution < 1.29 is 38.1 Å². The van der Waals surface area contributed by atoms with Crippen molar-refractivity contribution in [3.05, 3.63) is 35.9 Å². The second-order valence-corrected chi connectivity index (χ2v) is 9.20. The van der Waals surface area contributed by atoms with Crippen LogP contribution in [0.5, 0.6) is 0 Å². The molecule has 1 aliphatic rings. The summed E-state index contributed by atoms with van der Waals surface area (Å²) in [6, 6.07) is 8.78. The fourth-order valence-corrected chi connectivity index (χ4v) is 3.64. The molecule has 33 heavy (non-hydrogen) atoms. The van der Waals surface area contributed by atoms with Crippen molar-refractivity contribution in [1.82, 2.24) is 5.32 Å². The van der Waals surface area contributed by atoms with Gasteiger partial charge in [-0.2, -0.15) is 0 Å². The van der Waals surface area contributed by atoms with Crippen LogP contribution in [0.25, 0.3) is 0 Å². The number of benzene rings is 1. The van der Waals surface area contributed by atoms with E-state index in [-0.39, 0.29) is 45.9 Å². The van der Waals surface area contributed by atoms with E-state index in [2.05, 4.69) is 5.32 Å². The summed E-state index contributed by atoms with van der Waals surface area (Å²) in [5.74, 6) is -0.838. The Bertz CT molecular complexity index is 742. The second kappa shape index (κ2) is 12.6. The molecule has 1 amide bonds. The number of cyclic esters (lactones) is 2. The summed E-state index contributed by atoms with van der Waals surface area (Å²) in [4.78, 5) is 36.6. The van der Waals surface area contributed by atoms with Crippen molar-refractivity contribution in [3.63, 3.8) is 0 Å². The molecule has 9 nitrogen and oxygen atoms in total. The molecule has 0 bridgehead atoms. The van der Waals surface area contributed by atoms with Crippen LogP contribution in [0.3, 0.4) is 0 Å². The Labute approximate surface area is 195 Å². The number of alkyl carbamates (subject to hydrolysis) is 1. The Morgan fingerprint density at radius 2 is 1.45 bits per heavy atom. The van der Waals surface area contributed by atoms with E-state index in [9.17, 15) is 14.4 Å². The molecule has 1 N–H and O–H groups in total. The first-order chi connectivity index (χ1) is 15.5. The maximum Gasteiger partial charge on any atom is 0.407 e. The number of nitrogens with one attached hydrogen (secondary N) is 1. The largest absolute Gasteiger partial charge is 0.459 e. The van der Waals surface area contributed by atoms with Gasteiger partial charge in [-0.05, 0) is 33.3 Å². The van der Waals surface area contributed by atoms with Crippen LogP contribution in [0.2, 0.25) is 0 Å². The third kappa shape index (κ3) is 11.2. The number of hydrogen-bond donors (Lipinski definition) is 1. The number of carbonyl (C=O) groups is 3. The van der Waals surface area contributed by atoms with Crippen molar-refractivity contribution in [1.29, 1.82) is 0 Å². The van der Waals surface area contributed by atoms with Crippen molar-refractivity contribution >= 4 is 18.0 Å². The maximum atomic E-state index is 12.2. The highest BCUT2D eigenvalue weighted by Crippen LogP contribution is 2.27. The number of ether oxygens (including phenoxy) is 5. The Morgan fingerprint density at radius 1 is 0.939 bits per heavy atom. The Kier molecular flexibility index (Phi) is 10.1. The van der Waals surface area contributed by atoms with Gasteiger partial charge in [0.2, 0.25) is 0 Å². The average molecular weight is 466 g/mol. The lowest BCUT2D eigenvalue weighted by Crippen LogP contribution is -2.42. The zero-order chi connectivity index (χ0) is 24.3. The molecule has 1 aliphatic heterocycles. The number of rotatable bonds is 3. The third-order valence-electron chi connectivity index (χ3n) is 4.71. The SMILES string of the molecule is CC1(C)CC(C)(C)OC(=O)CCOCC(NC(=O)OCc2ccccc2)COCCC(=O)O1. The molecule has 1 saturated heterocycles. The van der Waals surface area contributed by atoms with E-state index < -0.39 is 35.3 Å². The van der Waals surface area contributed by atoms with Gasteiger partial charge in [0.15, 0.2) is 0 Å². The van der Waals surface area contributed by atoms with Crippen LogP contribution >= 0.6 is 0 Å². The zero-order valence-corrected chi connectivity index (χ0v) is 19.9. The van der Waals surface area contributed by atoms with Gasteiger partial charge in [-0.25, -0.2) is 4.79 Å². The number of amides is 1. The van der Waals surface area contributed by atoms with E-state index in [0.717, 1.165) is 5.56 Å². The van der Waals surface area contributed by atoms with Gasteiger partial charge in [-0.15, -0.1) is 0 Å². The molecule has 1 aromatic rings. The molecular formula is C24H35NO8. The highest BCUT2D eigenvalue weighted by Gasteiger charge is 2.34. The van der Waals surface area contributed by atoms with Crippen LogP contribution < -0.4 is 5.32 Å². The molecule has 0 unspecified atom stereocenters. The summed E-state index contributed by atoms with van der Waals surface area (Å²) in [6.45, 7) is 7.69. The van der Waals surface area contributed by atoms with Gasteiger partial charge in [-0.1, -0.05) is 30.3 Å². The van der Waals surface area contributed by atoms with E-state index in [0.29, 0.717) is 6.42 Å². The second-order valence-electron chi connectivity index (χ2n) is 9.20. The van der Waals surface area contributed by atoms with Crippen molar-refractivity contribution in [2.45, 2.75) is 70.8 Å². The van der Waals surface area contributed by atoms with Crippen molar-refractivity contribution in [2.24, 2.45) is 0 Å². The van der Waals surface area contributed by atoms with Crippen LogP contribution in [-0.2, 0) is 39.9 Å². The molecular weight excluding hydrogens is 430 g/mol. The Morgan fingerprint density at radius 3 is 1.97 bits per heavy atom. The van der Waals surface area contributed by atoms with E-state index in [1.807, 2.05) is 30.3 Å². The Hall–Kier alpha value is -2.65. The standard InChI is InChI=1S/C24H35NO8/c1-23(2)17-24(3,4)33-21(27)11-13-30-16-19(15-29-12-10-20(26)32-23)25-22(28)31-14-18-8-6-5-7-9-18/h5-9,19H,10-17H2,1-4H3,(H,25,28). The minimum Gasteiger partial charge on any atom is -0.459 e. The van der Waals surface area contributed by atoms with E-state index >= 15 is 0 Å². The molecule has 2 rings (SSSR count). The minimum atomic E-state index is -0.818. The highest BCUT2D eigenvalue weighted by molar-refractivity contribution is 5.70. The van der Waals surface area contributed by atoms with Gasteiger partial charge in [0.05, 0.1) is 45.3 Å². The molecule has 184 valence electrons. The fraction of sp³-hybridized carbons (Fsp3) is 0.625. The number of hydrogen-bond acceptors (Lipinski definition) is 8. The van der Waals surface area contributed by atoms with Crippen LogP contribution in [0.4, 0.5) is 4.79 Å². The van der Waals surface area contributed by atoms with Crippen LogP contribution in [0, 0.1) is 0 Å². The molecule has 0 radical (unpaired) electrons. The third-order valence-corrected chi connectivity index (χ3v) is 4.71. The normalized spacial score (nSPS) is 20.8. The summed E-state index contributed by atoms with van der Waals surface area (Å²) < 4.78 is 27.5. The van der Waals surface area contributed by atoms with Gasteiger partial charge >= 0.3 is 18.0 Å². The maximum absolute atomic E-state index is 12.2. The summed E-state index contributed by atoms with van der Waals surface area (Å²) in [7, 11) is 0. The zero-order valence-electron chi connectivity index (χ0n) is 19.9. The molecule has 0 saturated carbocycles. The van der Waals surface area contributed by atoms with Crippen molar-refractivity contribution in [2.75, 3.05) is 26.4 Å². The predicted molar refractivity (Wildman–Crippen MR) is 119 cm³/mol. The topological polar surface area (TPSA) is 109 Å². The monoisotopic (exact) mass is 465 g/mol. The van der Waals surface area contributed by atoms with E-state index in [1.54, 1.807) is 27.7 Å². The molecule has 0 aromatic heterocycles. The summed E-state index contributed by atoms with van der Waals surface area (Å²) in [5.41, 5.74) is -0.775.